The van der Waals surface area contributed by atoms with Gasteiger partial charge in [-0.1, -0.05) is 37.3 Å². The third-order valence-electron chi connectivity index (χ3n) is 5.27. The quantitative estimate of drug-likeness (QED) is 0.645. The maximum Gasteiger partial charge on any atom is 0.253 e. The van der Waals surface area contributed by atoms with Crippen LogP contribution in [0, 0.1) is 0 Å². The third kappa shape index (κ3) is 5.30. The number of alkyl halides is 1. The molecule has 1 aliphatic rings. The van der Waals surface area contributed by atoms with Crippen molar-refractivity contribution >= 4 is 34.8 Å². The Hall–Kier alpha value is -2.53. The van der Waals surface area contributed by atoms with E-state index in [-0.39, 0.29) is 17.9 Å². The second-order valence-electron chi connectivity index (χ2n) is 7.47. The maximum atomic E-state index is 12.9. The van der Waals surface area contributed by atoms with Gasteiger partial charge in [0.1, 0.15) is 5.38 Å². The van der Waals surface area contributed by atoms with Crippen LogP contribution in [0.3, 0.4) is 0 Å². The lowest BCUT2D eigenvalue weighted by molar-refractivity contribution is -0.116. The molecule has 1 heterocycles. The van der Waals surface area contributed by atoms with Gasteiger partial charge in [-0.2, -0.15) is 0 Å². The number of halogens is 1. The topological polar surface area (TPSA) is 61.4 Å². The number of amides is 2. The monoisotopic (exact) mass is 413 g/mol. The van der Waals surface area contributed by atoms with Crippen LogP contribution in [0.5, 0.6) is 0 Å². The molecule has 0 spiro atoms. The highest BCUT2D eigenvalue weighted by Crippen LogP contribution is 2.29. The van der Waals surface area contributed by atoms with Gasteiger partial charge in [0, 0.05) is 30.5 Å². The smallest absolute Gasteiger partial charge is 0.253 e. The van der Waals surface area contributed by atoms with Crippen molar-refractivity contribution in [1.82, 2.24) is 5.32 Å². The number of carbonyl (C=O) groups is 2. The maximum absolute atomic E-state index is 12.9. The fraction of sp³-hybridized carbons (Fsp3) is 0.391. The first-order valence-electron chi connectivity index (χ1n) is 10.2. The van der Waals surface area contributed by atoms with E-state index in [0.717, 1.165) is 43.6 Å². The molecule has 2 aromatic rings. The third-order valence-corrected chi connectivity index (χ3v) is 5.72. The molecule has 2 atom stereocenters. The predicted molar refractivity (Wildman–Crippen MR) is 119 cm³/mol. The largest absolute Gasteiger partial charge is 0.371 e. The van der Waals surface area contributed by atoms with Gasteiger partial charge in [-0.3, -0.25) is 9.59 Å². The zero-order valence-corrected chi connectivity index (χ0v) is 17.7. The van der Waals surface area contributed by atoms with Crippen LogP contribution in [0.4, 0.5) is 11.4 Å². The van der Waals surface area contributed by atoms with E-state index in [9.17, 15) is 9.59 Å². The summed E-state index contributed by atoms with van der Waals surface area (Å²) in [6.07, 6.45) is 3.10. The summed E-state index contributed by atoms with van der Waals surface area (Å²) in [4.78, 5) is 27.7. The summed E-state index contributed by atoms with van der Waals surface area (Å²) in [5, 5.41) is 5.09. The van der Waals surface area contributed by atoms with Crippen molar-refractivity contribution in [2.75, 3.05) is 23.3 Å². The Morgan fingerprint density at radius 3 is 2.45 bits per heavy atom. The summed E-state index contributed by atoms with van der Waals surface area (Å²) in [6.45, 7) is 5.89. The summed E-state index contributed by atoms with van der Waals surface area (Å²) in [7, 11) is 0. The van der Waals surface area contributed by atoms with E-state index in [1.807, 2.05) is 56.3 Å². The van der Waals surface area contributed by atoms with E-state index in [2.05, 4.69) is 15.5 Å². The molecule has 2 N–H and O–H groups in total. The van der Waals surface area contributed by atoms with Gasteiger partial charge in [0.05, 0.1) is 5.56 Å². The van der Waals surface area contributed by atoms with Gasteiger partial charge in [0.2, 0.25) is 5.91 Å². The fourth-order valence-corrected chi connectivity index (χ4v) is 3.61. The van der Waals surface area contributed by atoms with Crippen LogP contribution < -0.4 is 15.5 Å². The Bertz CT molecular complexity index is 850. The standard InChI is InChI=1S/C23H28ClN3O2/c1-3-16(2)25-22(28)19-15-18(11-12-20(19)27-13-7-8-14-27)26-23(29)21(24)17-9-5-4-6-10-17/h4-6,9-12,15-16,21H,3,7-8,13-14H2,1-2H3,(H,25,28)(H,26,29)/t16-,21-/m1/s1. The minimum atomic E-state index is -0.799. The number of anilines is 2. The van der Waals surface area contributed by atoms with Gasteiger partial charge in [0.15, 0.2) is 0 Å². The fourth-order valence-electron chi connectivity index (χ4n) is 3.41. The van der Waals surface area contributed by atoms with Gasteiger partial charge >= 0.3 is 0 Å². The molecule has 2 amide bonds. The molecule has 1 saturated heterocycles. The molecule has 0 radical (unpaired) electrons. The first-order valence-corrected chi connectivity index (χ1v) is 10.6. The van der Waals surface area contributed by atoms with Crippen molar-refractivity contribution in [1.29, 1.82) is 0 Å². The lowest BCUT2D eigenvalue weighted by Crippen LogP contribution is -2.33. The van der Waals surface area contributed by atoms with Gasteiger partial charge in [0.25, 0.3) is 5.91 Å². The van der Waals surface area contributed by atoms with Crippen molar-refractivity contribution < 1.29 is 9.59 Å². The molecule has 0 saturated carbocycles. The van der Waals surface area contributed by atoms with Crippen molar-refractivity contribution in [2.24, 2.45) is 0 Å². The average molecular weight is 414 g/mol. The van der Waals surface area contributed by atoms with Crippen molar-refractivity contribution in [2.45, 2.75) is 44.5 Å². The molecule has 29 heavy (non-hydrogen) atoms. The molecule has 1 aliphatic heterocycles. The molecule has 3 rings (SSSR count). The zero-order chi connectivity index (χ0) is 20.8. The minimum absolute atomic E-state index is 0.0810. The van der Waals surface area contributed by atoms with Gasteiger partial charge < -0.3 is 15.5 Å². The summed E-state index contributed by atoms with van der Waals surface area (Å²) >= 11 is 6.33. The molecule has 1 fully saturated rings. The predicted octanol–water partition coefficient (Wildman–Crippen LogP) is 4.73. The molecule has 5 nitrogen and oxygen atoms in total. The van der Waals surface area contributed by atoms with Crippen LogP contribution in [-0.2, 0) is 4.79 Å². The van der Waals surface area contributed by atoms with Crippen LogP contribution in [0.25, 0.3) is 0 Å². The highest BCUT2D eigenvalue weighted by molar-refractivity contribution is 6.32. The number of hydrogen-bond donors (Lipinski definition) is 2. The second kappa shape index (κ2) is 9.79. The highest BCUT2D eigenvalue weighted by atomic mass is 35.5. The molecule has 0 unspecified atom stereocenters. The number of nitrogens with zero attached hydrogens (tertiary/aromatic N) is 1. The number of rotatable bonds is 7. The number of hydrogen-bond acceptors (Lipinski definition) is 3. The highest BCUT2D eigenvalue weighted by Gasteiger charge is 2.22. The van der Waals surface area contributed by atoms with E-state index in [1.165, 1.54) is 0 Å². The Morgan fingerprint density at radius 1 is 1.10 bits per heavy atom. The Morgan fingerprint density at radius 2 is 1.79 bits per heavy atom. The van der Waals surface area contributed by atoms with Crippen molar-refractivity contribution in [3.05, 3.63) is 59.7 Å². The lowest BCUT2D eigenvalue weighted by Gasteiger charge is -2.23. The Kier molecular flexibility index (Phi) is 7.15. The van der Waals surface area contributed by atoms with Gasteiger partial charge in [-0.05, 0) is 49.9 Å². The first kappa shape index (κ1) is 21.2. The van der Waals surface area contributed by atoms with E-state index >= 15 is 0 Å². The Labute approximate surface area is 177 Å². The normalized spacial score (nSPS) is 15.6. The molecule has 0 aromatic heterocycles. The van der Waals surface area contributed by atoms with Gasteiger partial charge in [-0.25, -0.2) is 0 Å². The first-order chi connectivity index (χ1) is 14.0. The summed E-state index contributed by atoms with van der Waals surface area (Å²) < 4.78 is 0. The summed E-state index contributed by atoms with van der Waals surface area (Å²) in [5.74, 6) is -0.442. The average Bonchev–Trinajstić information content (AvgIpc) is 3.28. The lowest BCUT2D eigenvalue weighted by atomic mass is 10.1. The molecular weight excluding hydrogens is 386 g/mol. The SMILES string of the molecule is CC[C@@H](C)NC(=O)c1cc(NC(=O)[C@H](Cl)c2ccccc2)ccc1N1CCCC1. The number of carbonyl (C=O) groups excluding carboxylic acids is 2. The number of nitrogens with one attached hydrogen (secondary N) is 2. The molecular formula is C23H28ClN3O2. The van der Waals surface area contributed by atoms with E-state index in [1.54, 1.807) is 6.07 Å². The van der Waals surface area contributed by atoms with E-state index in [0.29, 0.717) is 11.3 Å². The zero-order valence-electron chi connectivity index (χ0n) is 17.0. The molecule has 0 aliphatic carbocycles. The van der Waals surface area contributed by atoms with Crippen molar-refractivity contribution in [3.63, 3.8) is 0 Å². The van der Waals surface area contributed by atoms with Crippen LogP contribution in [0.2, 0.25) is 0 Å². The summed E-state index contributed by atoms with van der Waals surface area (Å²) in [5.41, 5.74) is 2.78. The number of benzene rings is 2. The molecule has 154 valence electrons. The van der Waals surface area contributed by atoms with Crippen molar-refractivity contribution in [3.8, 4) is 0 Å². The van der Waals surface area contributed by atoms with E-state index in [4.69, 9.17) is 11.6 Å². The van der Waals surface area contributed by atoms with Gasteiger partial charge in [-0.15, -0.1) is 11.6 Å². The Balaban J connectivity index is 1.83. The second-order valence-corrected chi connectivity index (χ2v) is 7.91. The minimum Gasteiger partial charge on any atom is -0.371 e. The summed E-state index contributed by atoms with van der Waals surface area (Å²) in [6, 6.07) is 14.8. The van der Waals surface area contributed by atoms with Crippen LogP contribution in [0.15, 0.2) is 48.5 Å². The molecule has 2 aromatic carbocycles. The molecule has 0 bridgehead atoms. The van der Waals surface area contributed by atoms with E-state index < -0.39 is 5.38 Å². The van der Waals surface area contributed by atoms with Crippen LogP contribution >= 0.6 is 11.6 Å². The molecule has 6 heteroatoms. The van der Waals surface area contributed by atoms with Crippen LogP contribution in [0.1, 0.15) is 54.4 Å². The van der Waals surface area contributed by atoms with Crippen LogP contribution in [-0.4, -0.2) is 30.9 Å².